The van der Waals surface area contributed by atoms with Crippen molar-refractivity contribution in [2.45, 2.75) is 32.7 Å². The fourth-order valence-electron chi connectivity index (χ4n) is 1.33. The van der Waals surface area contributed by atoms with E-state index in [0.29, 0.717) is 0 Å². The molecule has 1 unspecified atom stereocenters. The highest BCUT2D eigenvalue weighted by atomic mass is 16.5. The van der Waals surface area contributed by atoms with Gasteiger partial charge in [-0.15, -0.1) is 0 Å². The van der Waals surface area contributed by atoms with E-state index in [1.54, 1.807) is 6.26 Å². The van der Waals surface area contributed by atoms with Gasteiger partial charge in [0.2, 0.25) is 0 Å². The summed E-state index contributed by atoms with van der Waals surface area (Å²) in [6.45, 7) is 6.76. The van der Waals surface area contributed by atoms with E-state index in [0.717, 1.165) is 31.9 Å². The maximum atomic E-state index is 5.45. The van der Waals surface area contributed by atoms with Gasteiger partial charge in [-0.3, -0.25) is 0 Å². The van der Waals surface area contributed by atoms with Crippen molar-refractivity contribution < 1.29 is 9.15 Å². The van der Waals surface area contributed by atoms with E-state index < -0.39 is 0 Å². The summed E-state index contributed by atoms with van der Waals surface area (Å²) in [6, 6.07) is 4.15. The molecule has 1 N–H and O–H groups in total. The predicted molar refractivity (Wildman–Crippen MR) is 60.9 cm³/mol. The highest BCUT2D eigenvalue weighted by molar-refractivity contribution is 5.02. The first-order valence-corrected chi connectivity index (χ1v) is 5.69. The zero-order chi connectivity index (χ0) is 10.9. The first kappa shape index (κ1) is 12.3. The molecule has 0 amide bonds. The molecule has 1 rings (SSSR count). The van der Waals surface area contributed by atoms with E-state index >= 15 is 0 Å². The number of rotatable bonds is 8. The van der Waals surface area contributed by atoms with Gasteiger partial charge in [0.05, 0.1) is 18.9 Å². The van der Waals surface area contributed by atoms with Crippen molar-refractivity contribution in [2.75, 3.05) is 19.8 Å². The number of hydrogen-bond donors (Lipinski definition) is 1. The largest absolute Gasteiger partial charge is 0.468 e. The highest BCUT2D eigenvalue weighted by Gasteiger charge is 2.05. The Hall–Kier alpha value is -0.800. The van der Waals surface area contributed by atoms with E-state index in [9.17, 15) is 0 Å². The molecule has 0 bridgehead atoms. The summed E-state index contributed by atoms with van der Waals surface area (Å²) in [4.78, 5) is 0. The molecule has 3 nitrogen and oxygen atoms in total. The lowest BCUT2D eigenvalue weighted by atomic mass is 10.2. The second-order valence-electron chi connectivity index (χ2n) is 3.66. The summed E-state index contributed by atoms with van der Waals surface area (Å²) >= 11 is 0. The number of unbranched alkanes of at least 4 members (excludes halogenated alkanes) is 1. The maximum absolute atomic E-state index is 5.45. The molecule has 0 saturated heterocycles. The minimum absolute atomic E-state index is 0.259. The molecule has 3 heteroatoms. The van der Waals surface area contributed by atoms with Gasteiger partial charge in [0.15, 0.2) is 0 Å². The number of hydrogen-bond acceptors (Lipinski definition) is 3. The molecule has 15 heavy (non-hydrogen) atoms. The van der Waals surface area contributed by atoms with E-state index in [1.165, 1.54) is 6.42 Å². The molecule has 0 spiro atoms. The van der Waals surface area contributed by atoms with Crippen LogP contribution in [-0.4, -0.2) is 19.8 Å². The van der Waals surface area contributed by atoms with Crippen LogP contribution in [-0.2, 0) is 4.74 Å². The topological polar surface area (TPSA) is 34.4 Å². The Morgan fingerprint density at radius 1 is 1.47 bits per heavy atom. The molecule has 0 aliphatic heterocycles. The average molecular weight is 211 g/mol. The smallest absolute Gasteiger partial charge is 0.120 e. The molecule has 0 saturated carbocycles. The van der Waals surface area contributed by atoms with E-state index in [-0.39, 0.29) is 6.04 Å². The second-order valence-corrected chi connectivity index (χ2v) is 3.66. The molecule has 0 aliphatic carbocycles. The SMILES string of the molecule is CCCCOCCNC(C)c1ccco1. The van der Waals surface area contributed by atoms with Gasteiger partial charge in [-0.1, -0.05) is 13.3 Å². The Balaban J connectivity index is 2.00. The van der Waals surface area contributed by atoms with Crippen LogP contribution in [0.15, 0.2) is 22.8 Å². The summed E-state index contributed by atoms with van der Waals surface area (Å²) in [5, 5.41) is 3.34. The van der Waals surface area contributed by atoms with Crippen molar-refractivity contribution in [1.82, 2.24) is 5.32 Å². The highest BCUT2D eigenvalue weighted by Crippen LogP contribution is 2.11. The molecule has 1 atom stereocenters. The summed E-state index contributed by atoms with van der Waals surface area (Å²) in [5.74, 6) is 0.976. The van der Waals surface area contributed by atoms with Crippen LogP contribution in [0.1, 0.15) is 38.5 Å². The molecule has 1 aromatic rings. The third-order valence-electron chi connectivity index (χ3n) is 2.31. The van der Waals surface area contributed by atoms with Gasteiger partial charge in [-0.2, -0.15) is 0 Å². The summed E-state index contributed by atoms with van der Waals surface area (Å²) in [5.41, 5.74) is 0. The third-order valence-corrected chi connectivity index (χ3v) is 2.31. The zero-order valence-corrected chi connectivity index (χ0v) is 9.66. The second kappa shape index (κ2) is 7.49. The molecule has 0 radical (unpaired) electrons. The number of ether oxygens (including phenoxy) is 1. The fourth-order valence-corrected chi connectivity index (χ4v) is 1.33. The van der Waals surface area contributed by atoms with Crippen LogP contribution < -0.4 is 5.32 Å². The molecule has 86 valence electrons. The monoisotopic (exact) mass is 211 g/mol. The quantitative estimate of drug-likeness (QED) is 0.671. The van der Waals surface area contributed by atoms with Crippen LogP contribution in [0.5, 0.6) is 0 Å². The van der Waals surface area contributed by atoms with Crippen LogP contribution in [0.3, 0.4) is 0 Å². The fraction of sp³-hybridized carbons (Fsp3) is 0.667. The predicted octanol–water partition coefficient (Wildman–Crippen LogP) is 2.75. The molecule has 1 aromatic heterocycles. The first-order chi connectivity index (χ1) is 7.34. The minimum Gasteiger partial charge on any atom is -0.468 e. The Kier molecular flexibility index (Phi) is 6.12. The Morgan fingerprint density at radius 3 is 3.00 bits per heavy atom. The van der Waals surface area contributed by atoms with Crippen LogP contribution in [0, 0.1) is 0 Å². The van der Waals surface area contributed by atoms with E-state index in [1.807, 2.05) is 12.1 Å². The Labute approximate surface area is 91.8 Å². The lowest BCUT2D eigenvalue weighted by Crippen LogP contribution is -2.23. The molecule has 0 fully saturated rings. The Morgan fingerprint density at radius 2 is 2.33 bits per heavy atom. The van der Waals surface area contributed by atoms with E-state index in [4.69, 9.17) is 9.15 Å². The summed E-state index contributed by atoms with van der Waals surface area (Å²) in [7, 11) is 0. The molecule has 1 heterocycles. The van der Waals surface area contributed by atoms with Gasteiger partial charge in [-0.25, -0.2) is 0 Å². The van der Waals surface area contributed by atoms with Crippen molar-refractivity contribution >= 4 is 0 Å². The van der Waals surface area contributed by atoms with Crippen LogP contribution in [0.25, 0.3) is 0 Å². The molecular weight excluding hydrogens is 190 g/mol. The van der Waals surface area contributed by atoms with Crippen LogP contribution in [0.4, 0.5) is 0 Å². The van der Waals surface area contributed by atoms with Crippen LogP contribution in [0.2, 0.25) is 0 Å². The molecular formula is C12H21NO2. The molecule has 0 aliphatic rings. The maximum Gasteiger partial charge on any atom is 0.120 e. The third kappa shape index (κ3) is 5.00. The van der Waals surface area contributed by atoms with Crippen molar-refractivity contribution in [3.8, 4) is 0 Å². The van der Waals surface area contributed by atoms with Gasteiger partial charge in [-0.05, 0) is 25.5 Å². The van der Waals surface area contributed by atoms with Crippen molar-refractivity contribution in [2.24, 2.45) is 0 Å². The van der Waals surface area contributed by atoms with E-state index in [2.05, 4.69) is 19.2 Å². The lowest BCUT2D eigenvalue weighted by molar-refractivity contribution is 0.130. The van der Waals surface area contributed by atoms with Crippen molar-refractivity contribution in [1.29, 1.82) is 0 Å². The first-order valence-electron chi connectivity index (χ1n) is 5.69. The van der Waals surface area contributed by atoms with Gasteiger partial charge >= 0.3 is 0 Å². The summed E-state index contributed by atoms with van der Waals surface area (Å²) < 4.78 is 10.7. The minimum atomic E-state index is 0.259. The van der Waals surface area contributed by atoms with Gasteiger partial charge in [0.1, 0.15) is 5.76 Å². The lowest BCUT2D eigenvalue weighted by Gasteiger charge is -2.11. The number of nitrogens with one attached hydrogen (secondary N) is 1. The van der Waals surface area contributed by atoms with Crippen LogP contribution >= 0.6 is 0 Å². The summed E-state index contributed by atoms with van der Waals surface area (Å²) in [6.07, 6.45) is 4.04. The zero-order valence-electron chi connectivity index (χ0n) is 9.66. The van der Waals surface area contributed by atoms with Gasteiger partial charge in [0, 0.05) is 13.2 Å². The normalized spacial score (nSPS) is 12.9. The van der Waals surface area contributed by atoms with Crippen molar-refractivity contribution in [3.05, 3.63) is 24.2 Å². The Bertz CT molecular complexity index is 234. The van der Waals surface area contributed by atoms with Gasteiger partial charge in [0.25, 0.3) is 0 Å². The van der Waals surface area contributed by atoms with Gasteiger partial charge < -0.3 is 14.5 Å². The number of furan rings is 1. The standard InChI is InChI=1S/C12H21NO2/c1-3-4-8-14-10-7-13-11(2)12-6-5-9-15-12/h5-6,9,11,13H,3-4,7-8,10H2,1-2H3. The average Bonchev–Trinajstić information content (AvgIpc) is 2.76. The van der Waals surface area contributed by atoms with Crippen molar-refractivity contribution in [3.63, 3.8) is 0 Å². The molecule has 0 aromatic carbocycles.